The van der Waals surface area contributed by atoms with Gasteiger partial charge in [0.25, 0.3) is 0 Å². The lowest BCUT2D eigenvalue weighted by Crippen LogP contribution is -2.39. The fourth-order valence-corrected chi connectivity index (χ4v) is 0.448. The molecule has 0 saturated heterocycles. The molecule has 3 nitrogen and oxygen atoms in total. The number of carbonyl (C=O) groups is 1. The number of rotatable bonds is 3. The zero-order valence-corrected chi connectivity index (χ0v) is 6.55. The second-order valence-corrected chi connectivity index (χ2v) is 2.06. The maximum atomic E-state index is 10.8. The van der Waals surface area contributed by atoms with Crippen LogP contribution in [-0.4, -0.2) is 18.6 Å². The number of nitrogens with one attached hydrogen (secondary N) is 2. The third kappa shape index (κ3) is 5.04. The van der Waals surface area contributed by atoms with E-state index >= 15 is 0 Å². The molecule has 0 heterocycles. The van der Waals surface area contributed by atoms with Gasteiger partial charge < -0.3 is 10.6 Å². The van der Waals surface area contributed by atoms with Gasteiger partial charge in [-0.1, -0.05) is 12.0 Å². The second kappa shape index (κ2) is 5.36. The van der Waals surface area contributed by atoms with Gasteiger partial charge >= 0.3 is 6.03 Å². The summed E-state index contributed by atoms with van der Waals surface area (Å²) < 4.78 is 0. The number of amides is 2. The molecule has 1 unspecified atom stereocenters. The molecule has 0 saturated carbocycles. The number of hydrogen-bond donors (Lipinski definition) is 2. The Morgan fingerprint density at radius 3 is 3.00 bits per heavy atom. The van der Waals surface area contributed by atoms with Gasteiger partial charge in [-0.3, -0.25) is 0 Å². The molecule has 1 atom stereocenters. The van der Waals surface area contributed by atoms with E-state index < -0.39 is 0 Å². The third-order valence-electron chi connectivity index (χ3n) is 1.06. The molecule has 2 N–H and O–H groups in total. The van der Waals surface area contributed by atoms with Crippen LogP contribution in [0.2, 0.25) is 0 Å². The van der Waals surface area contributed by atoms with Crippen LogP contribution in [0.1, 0.15) is 6.92 Å². The van der Waals surface area contributed by atoms with Gasteiger partial charge in [-0.05, 0) is 6.92 Å². The van der Waals surface area contributed by atoms with Crippen LogP contribution in [0.3, 0.4) is 0 Å². The average Bonchev–Trinajstić information content (AvgIpc) is 2.00. The first kappa shape index (κ1) is 9.57. The first-order valence-electron chi connectivity index (χ1n) is 3.31. The van der Waals surface area contributed by atoms with E-state index in [0.29, 0.717) is 0 Å². The summed E-state index contributed by atoms with van der Waals surface area (Å²) in [6.45, 7) is 5.58. The van der Waals surface area contributed by atoms with Crippen molar-refractivity contribution in [3.63, 3.8) is 0 Å². The zero-order valence-electron chi connectivity index (χ0n) is 6.55. The molecule has 0 aliphatic carbocycles. The van der Waals surface area contributed by atoms with E-state index in [2.05, 4.69) is 23.1 Å². The molecule has 0 fully saturated rings. The van der Waals surface area contributed by atoms with Gasteiger partial charge in [-0.15, -0.1) is 13.0 Å². The van der Waals surface area contributed by atoms with E-state index in [-0.39, 0.29) is 18.6 Å². The summed E-state index contributed by atoms with van der Waals surface area (Å²) in [5, 5.41) is 5.06. The van der Waals surface area contributed by atoms with Crippen molar-refractivity contribution in [1.29, 1.82) is 0 Å². The summed E-state index contributed by atoms with van der Waals surface area (Å²) in [7, 11) is 0. The SMILES string of the molecule is C#CCNC(=O)NC(C)C=C. The summed E-state index contributed by atoms with van der Waals surface area (Å²) in [5.74, 6) is 2.29. The predicted octanol–water partition coefficient (Wildman–Crippen LogP) is 0.493. The quantitative estimate of drug-likeness (QED) is 0.448. The Balaban J connectivity index is 3.53. The number of urea groups is 1. The van der Waals surface area contributed by atoms with E-state index in [1.807, 2.05) is 6.92 Å². The maximum absolute atomic E-state index is 10.8. The Hall–Kier alpha value is -1.43. The van der Waals surface area contributed by atoms with Crippen molar-refractivity contribution < 1.29 is 4.79 Å². The molecule has 60 valence electrons. The molecule has 0 aliphatic heterocycles. The molecule has 0 aromatic carbocycles. The molecule has 0 aliphatic rings. The van der Waals surface area contributed by atoms with Crippen molar-refractivity contribution in [2.45, 2.75) is 13.0 Å². The molecule has 0 bridgehead atoms. The lowest BCUT2D eigenvalue weighted by Gasteiger charge is -2.08. The van der Waals surface area contributed by atoms with Gasteiger partial charge in [-0.25, -0.2) is 4.79 Å². The minimum Gasteiger partial charge on any atom is -0.332 e. The van der Waals surface area contributed by atoms with E-state index in [0.717, 1.165) is 0 Å². The predicted molar refractivity (Wildman–Crippen MR) is 45.0 cm³/mol. The van der Waals surface area contributed by atoms with E-state index in [1.54, 1.807) is 6.08 Å². The number of carbonyl (C=O) groups excluding carboxylic acids is 1. The summed E-state index contributed by atoms with van der Waals surface area (Å²) in [6.07, 6.45) is 6.56. The molecule has 0 aromatic rings. The Kier molecular flexibility index (Phi) is 4.67. The Morgan fingerprint density at radius 1 is 1.91 bits per heavy atom. The monoisotopic (exact) mass is 152 g/mol. The molecular formula is C8H12N2O. The standard InChI is InChI=1S/C8H12N2O/c1-4-6-9-8(11)10-7(3)5-2/h1,5,7H,2,6H2,3H3,(H2,9,10,11). The summed E-state index contributed by atoms with van der Waals surface area (Å²) in [6, 6.07) is -0.303. The van der Waals surface area contributed by atoms with Crippen LogP contribution in [0.5, 0.6) is 0 Å². The molecule has 3 heteroatoms. The largest absolute Gasteiger partial charge is 0.332 e. The highest BCUT2D eigenvalue weighted by molar-refractivity contribution is 5.74. The van der Waals surface area contributed by atoms with Gasteiger partial charge in [0.2, 0.25) is 0 Å². The fourth-order valence-electron chi connectivity index (χ4n) is 0.448. The lowest BCUT2D eigenvalue weighted by atomic mass is 10.3. The molecule has 0 spiro atoms. The molecule has 0 aromatic heterocycles. The molecular weight excluding hydrogens is 140 g/mol. The highest BCUT2D eigenvalue weighted by Gasteiger charge is 1.99. The minimum atomic E-state index is -0.268. The normalized spacial score (nSPS) is 10.9. The van der Waals surface area contributed by atoms with Crippen molar-refractivity contribution in [2.24, 2.45) is 0 Å². The van der Waals surface area contributed by atoms with Crippen LogP contribution >= 0.6 is 0 Å². The second-order valence-electron chi connectivity index (χ2n) is 2.06. The van der Waals surface area contributed by atoms with E-state index in [4.69, 9.17) is 6.42 Å². The zero-order chi connectivity index (χ0) is 8.69. The van der Waals surface area contributed by atoms with E-state index in [1.165, 1.54) is 0 Å². The van der Waals surface area contributed by atoms with Gasteiger partial charge in [0.15, 0.2) is 0 Å². The molecule has 11 heavy (non-hydrogen) atoms. The van der Waals surface area contributed by atoms with Crippen molar-refractivity contribution in [2.75, 3.05) is 6.54 Å². The molecule has 2 amide bonds. The summed E-state index contributed by atoms with van der Waals surface area (Å²) in [5.41, 5.74) is 0. The first-order valence-corrected chi connectivity index (χ1v) is 3.31. The Bertz CT molecular complexity index is 181. The van der Waals surface area contributed by atoms with Gasteiger partial charge in [-0.2, -0.15) is 0 Å². The third-order valence-corrected chi connectivity index (χ3v) is 1.06. The number of hydrogen-bond acceptors (Lipinski definition) is 1. The van der Waals surface area contributed by atoms with Crippen molar-refractivity contribution in [3.05, 3.63) is 12.7 Å². The minimum absolute atomic E-state index is 0.0345. The summed E-state index contributed by atoms with van der Waals surface area (Å²) >= 11 is 0. The van der Waals surface area contributed by atoms with Gasteiger partial charge in [0.05, 0.1) is 6.54 Å². The van der Waals surface area contributed by atoms with E-state index in [9.17, 15) is 4.79 Å². The Labute approximate surface area is 66.9 Å². The van der Waals surface area contributed by atoms with Gasteiger partial charge in [0, 0.05) is 6.04 Å². The maximum Gasteiger partial charge on any atom is 0.316 e. The van der Waals surface area contributed by atoms with Crippen LogP contribution in [0, 0.1) is 12.3 Å². The van der Waals surface area contributed by atoms with Crippen LogP contribution in [0.4, 0.5) is 4.79 Å². The summed E-state index contributed by atoms with van der Waals surface area (Å²) in [4.78, 5) is 10.8. The van der Waals surface area contributed by atoms with Crippen LogP contribution in [-0.2, 0) is 0 Å². The first-order chi connectivity index (χ1) is 5.20. The van der Waals surface area contributed by atoms with Crippen LogP contribution in [0.15, 0.2) is 12.7 Å². The van der Waals surface area contributed by atoms with Crippen LogP contribution < -0.4 is 10.6 Å². The highest BCUT2D eigenvalue weighted by Crippen LogP contribution is 1.79. The fraction of sp³-hybridized carbons (Fsp3) is 0.375. The van der Waals surface area contributed by atoms with Crippen molar-refractivity contribution in [1.82, 2.24) is 10.6 Å². The lowest BCUT2D eigenvalue weighted by molar-refractivity contribution is 0.240. The van der Waals surface area contributed by atoms with Crippen molar-refractivity contribution in [3.8, 4) is 12.3 Å². The number of terminal acetylenes is 1. The van der Waals surface area contributed by atoms with Crippen LogP contribution in [0.25, 0.3) is 0 Å². The van der Waals surface area contributed by atoms with Crippen molar-refractivity contribution >= 4 is 6.03 Å². The molecule has 0 rings (SSSR count). The molecule has 0 radical (unpaired) electrons. The Morgan fingerprint density at radius 2 is 2.55 bits per heavy atom. The highest BCUT2D eigenvalue weighted by atomic mass is 16.2. The van der Waals surface area contributed by atoms with Gasteiger partial charge in [0.1, 0.15) is 0 Å². The topological polar surface area (TPSA) is 41.1 Å². The smallest absolute Gasteiger partial charge is 0.316 e. The average molecular weight is 152 g/mol.